The maximum Gasteiger partial charge on any atom is 0.239 e. The molecule has 2 amide bonds. The molecule has 0 aromatic heterocycles. The molecule has 6 nitrogen and oxygen atoms in total. The summed E-state index contributed by atoms with van der Waals surface area (Å²) in [6.45, 7) is -0.110. The Balaban J connectivity index is 1.45. The minimum absolute atomic E-state index is 0.00948. The zero-order valence-corrected chi connectivity index (χ0v) is 14.9. The number of hydrogen-bond donors (Lipinski definition) is 2. The van der Waals surface area contributed by atoms with Gasteiger partial charge in [-0.15, -0.1) is 0 Å². The summed E-state index contributed by atoms with van der Waals surface area (Å²) in [5.74, 6) is 0.373. The molecule has 2 atom stereocenters. The van der Waals surface area contributed by atoms with E-state index >= 15 is 0 Å². The van der Waals surface area contributed by atoms with E-state index in [1.807, 2.05) is 30.3 Å². The molecule has 2 aliphatic rings. The van der Waals surface area contributed by atoms with Crippen molar-refractivity contribution in [3.05, 3.63) is 35.9 Å². The van der Waals surface area contributed by atoms with E-state index in [4.69, 9.17) is 0 Å². The summed E-state index contributed by atoms with van der Waals surface area (Å²) in [5.41, 5.74) is 1.17. The number of rotatable bonds is 7. The number of hydrogen-bond acceptors (Lipinski definition) is 4. The fourth-order valence-corrected chi connectivity index (χ4v) is 5.07. The van der Waals surface area contributed by atoms with Gasteiger partial charge in [-0.2, -0.15) is 0 Å². The van der Waals surface area contributed by atoms with Crippen LogP contribution in [-0.4, -0.2) is 44.3 Å². The number of carbonyl (C=O) groups is 2. The smallest absolute Gasteiger partial charge is 0.239 e. The van der Waals surface area contributed by atoms with Crippen LogP contribution in [0.4, 0.5) is 0 Å². The van der Waals surface area contributed by atoms with Gasteiger partial charge in [0.25, 0.3) is 0 Å². The number of carbonyl (C=O) groups excluding carboxylic acids is 2. The first-order chi connectivity index (χ1) is 11.9. The number of benzene rings is 1. The van der Waals surface area contributed by atoms with E-state index < -0.39 is 9.84 Å². The van der Waals surface area contributed by atoms with Gasteiger partial charge in [0.2, 0.25) is 11.8 Å². The molecule has 0 radical (unpaired) electrons. The highest BCUT2D eigenvalue weighted by molar-refractivity contribution is 7.91. The minimum Gasteiger partial charge on any atom is -0.351 e. The third-order valence-electron chi connectivity index (χ3n) is 4.87. The molecule has 1 saturated carbocycles. The van der Waals surface area contributed by atoms with Crippen LogP contribution in [0, 0.1) is 5.92 Å². The van der Waals surface area contributed by atoms with Gasteiger partial charge in [0, 0.05) is 12.5 Å². The minimum atomic E-state index is -3.02. The number of sulfone groups is 1. The van der Waals surface area contributed by atoms with Crippen molar-refractivity contribution in [2.45, 2.75) is 37.6 Å². The van der Waals surface area contributed by atoms with Crippen LogP contribution in [0.1, 0.15) is 37.2 Å². The van der Waals surface area contributed by atoms with Crippen LogP contribution in [0.5, 0.6) is 0 Å². The zero-order chi connectivity index (χ0) is 17.9. The van der Waals surface area contributed by atoms with E-state index in [1.165, 1.54) is 5.56 Å². The Hall–Kier alpha value is -1.89. The maximum absolute atomic E-state index is 12.2. The van der Waals surface area contributed by atoms with Crippen molar-refractivity contribution in [1.29, 1.82) is 0 Å². The highest BCUT2D eigenvalue weighted by Gasteiger charge is 2.33. The van der Waals surface area contributed by atoms with Gasteiger partial charge >= 0.3 is 0 Å². The SMILES string of the molecule is O=C(CC(c1ccccc1)C1CC1)NCC(=O)NC1CCS(=O)(=O)C1. The van der Waals surface area contributed by atoms with Crippen molar-refractivity contribution in [1.82, 2.24) is 10.6 Å². The molecule has 1 heterocycles. The second-order valence-electron chi connectivity index (χ2n) is 7.00. The molecule has 25 heavy (non-hydrogen) atoms. The fourth-order valence-electron chi connectivity index (χ4n) is 3.39. The summed E-state index contributed by atoms with van der Waals surface area (Å²) in [4.78, 5) is 24.1. The molecule has 2 fully saturated rings. The van der Waals surface area contributed by atoms with Crippen LogP contribution < -0.4 is 10.6 Å². The molecule has 7 heteroatoms. The lowest BCUT2D eigenvalue weighted by Crippen LogP contribution is -2.42. The largest absolute Gasteiger partial charge is 0.351 e. The standard InChI is InChI=1S/C18H24N2O4S/c21-17(10-16(14-6-7-14)13-4-2-1-3-5-13)19-11-18(22)20-15-8-9-25(23,24)12-15/h1-5,14-16H,6-12H2,(H,19,21)(H,20,22). The predicted molar refractivity (Wildman–Crippen MR) is 94.7 cm³/mol. The average molecular weight is 364 g/mol. The van der Waals surface area contributed by atoms with Gasteiger partial charge < -0.3 is 10.6 Å². The summed E-state index contributed by atoms with van der Waals surface area (Å²) in [7, 11) is -3.02. The molecule has 136 valence electrons. The topological polar surface area (TPSA) is 92.3 Å². The molecule has 0 bridgehead atoms. The molecule has 2 N–H and O–H groups in total. The summed E-state index contributed by atoms with van der Waals surface area (Å²) < 4.78 is 22.8. The molecule has 1 aromatic carbocycles. The van der Waals surface area contributed by atoms with E-state index in [9.17, 15) is 18.0 Å². The molecular weight excluding hydrogens is 340 g/mol. The first-order valence-corrected chi connectivity index (χ1v) is 10.6. The average Bonchev–Trinajstić information content (AvgIpc) is 3.36. The Labute approximate surface area is 148 Å². The Kier molecular flexibility index (Phi) is 5.42. The molecule has 1 saturated heterocycles. The van der Waals surface area contributed by atoms with E-state index in [-0.39, 0.29) is 41.8 Å². The molecule has 3 rings (SSSR count). The van der Waals surface area contributed by atoms with E-state index in [0.717, 1.165) is 12.8 Å². The quantitative estimate of drug-likeness (QED) is 0.755. The van der Waals surface area contributed by atoms with E-state index in [2.05, 4.69) is 10.6 Å². The summed E-state index contributed by atoms with van der Waals surface area (Å²) >= 11 is 0. The molecule has 1 aliphatic carbocycles. The van der Waals surface area contributed by atoms with Gasteiger partial charge in [-0.05, 0) is 36.7 Å². The molecule has 2 unspecified atom stereocenters. The lowest BCUT2D eigenvalue weighted by atomic mass is 9.91. The molecule has 0 spiro atoms. The molecular formula is C18H24N2O4S. The zero-order valence-electron chi connectivity index (χ0n) is 14.1. The monoisotopic (exact) mass is 364 g/mol. The van der Waals surface area contributed by atoms with Crippen molar-refractivity contribution in [3.8, 4) is 0 Å². The van der Waals surface area contributed by atoms with Gasteiger partial charge in [0.15, 0.2) is 9.84 Å². The van der Waals surface area contributed by atoms with Crippen LogP contribution in [0.15, 0.2) is 30.3 Å². The van der Waals surface area contributed by atoms with E-state index in [0.29, 0.717) is 18.8 Å². The lowest BCUT2D eigenvalue weighted by molar-refractivity contribution is -0.126. The second-order valence-corrected chi connectivity index (χ2v) is 9.23. The van der Waals surface area contributed by atoms with Crippen molar-refractivity contribution >= 4 is 21.7 Å². The third kappa shape index (κ3) is 5.29. The summed E-state index contributed by atoms with van der Waals surface area (Å²) in [6, 6.07) is 9.67. The van der Waals surface area contributed by atoms with Crippen molar-refractivity contribution in [2.75, 3.05) is 18.1 Å². The van der Waals surface area contributed by atoms with Gasteiger partial charge in [-0.25, -0.2) is 8.42 Å². The van der Waals surface area contributed by atoms with Gasteiger partial charge in [-0.3, -0.25) is 9.59 Å². The first kappa shape index (κ1) is 17.9. The van der Waals surface area contributed by atoms with Crippen LogP contribution in [0.25, 0.3) is 0 Å². The van der Waals surface area contributed by atoms with Gasteiger partial charge in [0.05, 0.1) is 18.1 Å². The third-order valence-corrected chi connectivity index (χ3v) is 6.64. The van der Waals surface area contributed by atoms with Crippen molar-refractivity contribution < 1.29 is 18.0 Å². The van der Waals surface area contributed by atoms with Crippen LogP contribution in [0.2, 0.25) is 0 Å². The summed E-state index contributed by atoms with van der Waals surface area (Å²) in [5, 5.41) is 5.34. The van der Waals surface area contributed by atoms with Crippen LogP contribution in [-0.2, 0) is 19.4 Å². The molecule has 1 aliphatic heterocycles. The Bertz CT molecular complexity index is 729. The maximum atomic E-state index is 12.2. The van der Waals surface area contributed by atoms with Crippen molar-refractivity contribution in [3.63, 3.8) is 0 Å². The first-order valence-electron chi connectivity index (χ1n) is 8.74. The Morgan fingerprint density at radius 2 is 1.80 bits per heavy atom. The predicted octanol–water partition coefficient (Wildman–Crippen LogP) is 0.990. The number of nitrogens with one attached hydrogen (secondary N) is 2. The van der Waals surface area contributed by atoms with Gasteiger partial charge in [-0.1, -0.05) is 30.3 Å². The Morgan fingerprint density at radius 3 is 2.40 bits per heavy atom. The van der Waals surface area contributed by atoms with Crippen LogP contribution in [0.3, 0.4) is 0 Å². The Morgan fingerprint density at radius 1 is 1.08 bits per heavy atom. The number of amides is 2. The second kappa shape index (κ2) is 7.56. The highest BCUT2D eigenvalue weighted by atomic mass is 32.2. The normalized spacial score (nSPS) is 23.0. The summed E-state index contributed by atoms with van der Waals surface area (Å²) in [6.07, 6.45) is 3.10. The van der Waals surface area contributed by atoms with Crippen LogP contribution >= 0.6 is 0 Å². The highest BCUT2D eigenvalue weighted by Crippen LogP contribution is 2.44. The molecule has 1 aromatic rings. The fraction of sp³-hybridized carbons (Fsp3) is 0.556. The van der Waals surface area contributed by atoms with E-state index in [1.54, 1.807) is 0 Å². The van der Waals surface area contributed by atoms with Gasteiger partial charge in [0.1, 0.15) is 0 Å². The van der Waals surface area contributed by atoms with Crippen molar-refractivity contribution in [2.24, 2.45) is 5.92 Å². The lowest BCUT2D eigenvalue weighted by Gasteiger charge is -2.17.